The summed E-state index contributed by atoms with van der Waals surface area (Å²) in [4.78, 5) is 16.3. The van der Waals surface area contributed by atoms with Crippen LogP contribution >= 0.6 is 11.3 Å². The van der Waals surface area contributed by atoms with Crippen molar-refractivity contribution in [1.82, 2.24) is 10.3 Å². The van der Waals surface area contributed by atoms with Gasteiger partial charge in [-0.05, 0) is 25.7 Å². The summed E-state index contributed by atoms with van der Waals surface area (Å²) in [5, 5.41) is 5.62. The van der Waals surface area contributed by atoms with Gasteiger partial charge in [-0.15, -0.1) is 11.3 Å². The van der Waals surface area contributed by atoms with Gasteiger partial charge in [0.25, 0.3) is 0 Å². The van der Waals surface area contributed by atoms with Gasteiger partial charge < -0.3 is 5.32 Å². The summed E-state index contributed by atoms with van der Waals surface area (Å²) in [5.41, 5.74) is 0.929. The van der Waals surface area contributed by atoms with Crippen molar-refractivity contribution < 1.29 is 18.0 Å². The number of rotatable bonds is 5. The molecule has 0 aliphatic heterocycles. The summed E-state index contributed by atoms with van der Waals surface area (Å²) in [6.45, 7) is 1.89. The molecule has 1 amide bonds. The highest BCUT2D eigenvalue weighted by atomic mass is 32.1. The van der Waals surface area contributed by atoms with Gasteiger partial charge >= 0.3 is 6.18 Å². The fraction of sp³-hybridized carbons (Fsp3) is 0.733. The lowest BCUT2D eigenvalue weighted by molar-refractivity contribution is -0.150. The summed E-state index contributed by atoms with van der Waals surface area (Å²) >= 11 is 1.51. The summed E-state index contributed by atoms with van der Waals surface area (Å²) in [6.07, 6.45) is -1.27. The van der Waals surface area contributed by atoms with Gasteiger partial charge in [-0.25, -0.2) is 4.98 Å². The number of alkyl halides is 3. The van der Waals surface area contributed by atoms with E-state index in [2.05, 4.69) is 10.3 Å². The number of nitrogens with one attached hydrogen (secondary N) is 1. The summed E-state index contributed by atoms with van der Waals surface area (Å²) in [5.74, 6) is -0.660. The molecule has 1 heterocycles. The molecule has 1 fully saturated rings. The van der Waals surface area contributed by atoms with Gasteiger partial charge in [-0.1, -0.05) is 12.8 Å². The summed E-state index contributed by atoms with van der Waals surface area (Å²) in [7, 11) is 0. The molecule has 2 atom stereocenters. The number of hydrogen-bond donors (Lipinski definition) is 1. The van der Waals surface area contributed by atoms with Gasteiger partial charge in [0.05, 0.1) is 5.01 Å². The van der Waals surface area contributed by atoms with E-state index < -0.39 is 18.5 Å². The minimum Gasteiger partial charge on any atom is -0.353 e. The average Bonchev–Trinajstić information content (AvgIpc) is 2.83. The zero-order chi connectivity index (χ0) is 16.2. The molecule has 0 unspecified atom stereocenters. The second-order valence-corrected chi connectivity index (χ2v) is 6.86. The van der Waals surface area contributed by atoms with Crippen molar-refractivity contribution in [1.29, 1.82) is 0 Å². The van der Waals surface area contributed by atoms with E-state index in [-0.39, 0.29) is 18.4 Å². The first-order chi connectivity index (χ1) is 10.3. The number of amides is 1. The van der Waals surface area contributed by atoms with Crippen LogP contribution in [0.1, 0.15) is 49.2 Å². The molecule has 1 aliphatic rings. The van der Waals surface area contributed by atoms with E-state index in [0.717, 1.165) is 23.5 Å². The van der Waals surface area contributed by atoms with Crippen LogP contribution in [-0.4, -0.2) is 23.1 Å². The Kier molecular flexibility index (Phi) is 5.83. The van der Waals surface area contributed by atoms with Gasteiger partial charge in [0.1, 0.15) is 0 Å². The fourth-order valence-corrected chi connectivity index (χ4v) is 3.73. The smallest absolute Gasteiger partial charge is 0.353 e. The molecule has 22 heavy (non-hydrogen) atoms. The molecular weight excluding hydrogens is 313 g/mol. The Morgan fingerprint density at radius 2 is 2.14 bits per heavy atom. The zero-order valence-corrected chi connectivity index (χ0v) is 13.4. The third kappa shape index (κ3) is 5.59. The normalized spacial score (nSPS) is 22.5. The lowest BCUT2D eigenvalue weighted by Crippen LogP contribution is -2.43. The molecule has 0 aromatic carbocycles. The highest BCUT2D eigenvalue weighted by Crippen LogP contribution is 2.34. The first-order valence-electron chi connectivity index (χ1n) is 7.60. The van der Waals surface area contributed by atoms with Crippen LogP contribution in [0.3, 0.4) is 0 Å². The number of nitrogens with zero attached hydrogens (tertiary/aromatic N) is 1. The van der Waals surface area contributed by atoms with Crippen molar-refractivity contribution in [2.45, 2.75) is 64.1 Å². The summed E-state index contributed by atoms with van der Waals surface area (Å²) < 4.78 is 37.8. The predicted octanol–water partition coefficient (Wildman–Crippen LogP) is 4.01. The predicted molar refractivity (Wildman–Crippen MR) is 79.7 cm³/mol. The Morgan fingerprint density at radius 3 is 2.77 bits per heavy atom. The van der Waals surface area contributed by atoms with E-state index in [1.807, 2.05) is 12.3 Å². The molecule has 0 bridgehead atoms. The Balaban J connectivity index is 1.82. The second kappa shape index (κ2) is 7.44. The van der Waals surface area contributed by atoms with Crippen LogP contribution < -0.4 is 5.32 Å². The van der Waals surface area contributed by atoms with Gasteiger partial charge in [0.15, 0.2) is 0 Å². The number of carbonyl (C=O) groups is 1. The molecule has 1 aromatic heterocycles. The number of halogens is 3. The SMILES string of the molecule is Cc1csc(CCC(=O)N[C@H]2CCCC[C@H]2CC(F)(F)F)n1. The topological polar surface area (TPSA) is 42.0 Å². The average molecular weight is 334 g/mol. The molecule has 1 N–H and O–H groups in total. The third-order valence-corrected chi connectivity index (χ3v) is 5.01. The highest BCUT2D eigenvalue weighted by molar-refractivity contribution is 7.09. The molecule has 1 saturated carbocycles. The Morgan fingerprint density at radius 1 is 1.41 bits per heavy atom. The van der Waals surface area contributed by atoms with Crippen LogP contribution in [0, 0.1) is 12.8 Å². The van der Waals surface area contributed by atoms with Crippen LogP contribution in [0.5, 0.6) is 0 Å². The Labute approximate surface area is 132 Å². The lowest BCUT2D eigenvalue weighted by Gasteiger charge is -2.32. The maximum Gasteiger partial charge on any atom is 0.389 e. The van der Waals surface area contributed by atoms with E-state index >= 15 is 0 Å². The first kappa shape index (κ1) is 17.2. The van der Waals surface area contributed by atoms with Gasteiger partial charge in [-0.3, -0.25) is 4.79 Å². The first-order valence-corrected chi connectivity index (χ1v) is 8.48. The largest absolute Gasteiger partial charge is 0.389 e. The fourth-order valence-electron chi connectivity index (χ4n) is 2.96. The van der Waals surface area contributed by atoms with E-state index in [1.165, 1.54) is 11.3 Å². The molecule has 2 rings (SSSR count). The van der Waals surface area contributed by atoms with Crippen molar-refractivity contribution in [3.05, 3.63) is 16.1 Å². The number of carbonyl (C=O) groups excluding carboxylic acids is 1. The number of aromatic nitrogens is 1. The molecule has 0 spiro atoms. The molecule has 1 aliphatic carbocycles. The molecule has 0 saturated heterocycles. The van der Waals surface area contributed by atoms with Gasteiger partial charge in [0, 0.05) is 36.4 Å². The molecule has 1 aromatic rings. The quantitative estimate of drug-likeness (QED) is 0.884. The lowest BCUT2D eigenvalue weighted by atomic mass is 9.82. The molecule has 7 heteroatoms. The van der Waals surface area contributed by atoms with Crippen molar-refractivity contribution in [3.63, 3.8) is 0 Å². The van der Waals surface area contributed by atoms with Crippen molar-refractivity contribution in [2.24, 2.45) is 5.92 Å². The minimum absolute atomic E-state index is 0.174. The zero-order valence-electron chi connectivity index (χ0n) is 12.6. The third-order valence-electron chi connectivity index (χ3n) is 3.98. The van der Waals surface area contributed by atoms with Crippen LogP contribution in [0.4, 0.5) is 13.2 Å². The van der Waals surface area contributed by atoms with Crippen LogP contribution in [0.25, 0.3) is 0 Å². The van der Waals surface area contributed by atoms with E-state index in [4.69, 9.17) is 0 Å². The Bertz CT molecular complexity index is 501. The van der Waals surface area contributed by atoms with Crippen molar-refractivity contribution in [3.8, 4) is 0 Å². The number of hydrogen-bond acceptors (Lipinski definition) is 3. The van der Waals surface area contributed by atoms with Gasteiger partial charge in [0.2, 0.25) is 5.91 Å². The maximum absolute atomic E-state index is 12.6. The van der Waals surface area contributed by atoms with Crippen LogP contribution in [0.15, 0.2) is 5.38 Å². The molecule has 0 radical (unpaired) electrons. The number of thiazole rings is 1. The van der Waals surface area contributed by atoms with E-state index in [1.54, 1.807) is 0 Å². The molecule has 3 nitrogen and oxygen atoms in total. The minimum atomic E-state index is -4.16. The highest BCUT2D eigenvalue weighted by Gasteiger charge is 2.37. The second-order valence-electron chi connectivity index (χ2n) is 5.92. The Hall–Kier alpha value is -1.11. The van der Waals surface area contributed by atoms with Crippen molar-refractivity contribution in [2.75, 3.05) is 0 Å². The molecule has 124 valence electrons. The van der Waals surface area contributed by atoms with Crippen molar-refractivity contribution >= 4 is 17.2 Å². The molecular formula is C15H21F3N2OS. The van der Waals surface area contributed by atoms with E-state index in [9.17, 15) is 18.0 Å². The maximum atomic E-state index is 12.6. The van der Waals surface area contributed by atoms with Gasteiger partial charge in [-0.2, -0.15) is 13.2 Å². The summed E-state index contributed by atoms with van der Waals surface area (Å²) in [6, 6.07) is -0.346. The van der Waals surface area contributed by atoms with Crippen LogP contribution in [0.2, 0.25) is 0 Å². The van der Waals surface area contributed by atoms with E-state index in [0.29, 0.717) is 19.3 Å². The monoisotopic (exact) mass is 334 g/mol. The number of aryl methyl sites for hydroxylation is 2. The standard InChI is InChI=1S/C15H21F3N2OS/c1-10-9-22-14(19-10)7-6-13(21)20-12-5-3-2-4-11(12)8-15(16,17)18/h9,11-12H,2-8H2,1H3,(H,20,21)/t11-,12-/m0/s1. The van der Waals surface area contributed by atoms with Crippen LogP contribution in [-0.2, 0) is 11.2 Å².